The van der Waals surface area contributed by atoms with Crippen molar-refractivity contribution in [2.45, 2.75) is 18.9 Å². The van der Waals surface area contributed by atoms with Crippen LogP contribution in [0, 0.1) is 0 Å². The average Bonchev–Trinajstić information content (AvgIpc) is 1.90. The maximum Gasteiger partial charge on any atom is 0.231 e. The number of hydrogen-bond acceptors (Lipinski definition) is 3. The summed E-state index contributed by atoms with van der Waals surface area (Å²) in [6, 6.07) is 0. The second-order valence-electron chi connectivity index (χ2n) is 1.76. The fourth-order valence-corrected chi connectivity index (χ4v) is 0.661. The SMILES string of the molecule is O=[C]C1CCCNO1. The third-order valence-corrected chi connectivity index (χ3v) is 1.10. The fourth-order valence-electron chi connectivity index (χ4n) is 0.661. The third kappa shape index (κ3) is 1.28. The minimum absolute atomic E-state index is 0.330. The molecule has 0 saturated carbocycles. The highest BCUT2D eigenvalue weighted by atomic mass is 16.7. The number of carbonyl (C=O) groups excluding carboxylic acids is 1. The Bertz CT molecular complexity index is 78.5. The molecule has 8 heavy (non-hydrogen) atoms. The smallest absolute Gasteiger partial charge is 0.231 e. The first kappa shape index (κ1) is 5.72. The van der Waals surface area contributed by atoms with Crippen molar-refractivity contribution in [2.75, 3.05) is 6.54 Å². The molecule has 1 atom stereocenters. The zero-order valence-electron chi connectivity index (χ0n) is 4.52. The van der Waals surface area contributed by atoms with E-state index in [1.165, 1.54) is 0 Å². The van der Waals surface area contributed by atoms with Gasteiger partial charge in [-0.15, -0.1) is 0 Å². The van der Waals surface area contributed by atoms with E-state index in [9.17, 15) is 4.79 Å². The van der Waals surface area contributed by atoms with E-state index in [0.29, 0.717) is 0 Å². The van der Waals surface area contributed by atoms with Gasteiger partial charge in [-0.3, -0.25) is 9.63 Å². The molecule has 45 valence electrons. The summed E-state index contributed by atoms with van der Waals surface area (Å²) in [7, 11) is 0. The molecule has 3 nitrogen and oxygen atoms in total. The van der Waals surface area contributed by atoms with Crippen molar-refractivity contribution in [2.24, 2.45) is 0 Å². The Morgan fingerprint density at radius 2 is 2.62 bits per heavy atom. The van der Waals surface area contributed by atoms with Crippen molar-refractivity contribution < 1.29 is 9.63 Å². The quantitative estimate of drug-likeness (QED) is 0.512. The summed E-state index contributed by atoms with van der Waals surface area (Å²) >= 11 is 0. The van der Waals surface area contributed by atoms with E-state index in [0.717, 1.165) is 19.4 Å². The third-order valence-electron chi connectivity index (χ3n) is 1.10. The monoisotopic (exact) mass is 114 g/mol. The summed E-state index contributed by atoms with van der Waals surface area (Å²) in [5.74, 6) is 0. The van der Waals surface area contributed by atoms with Crippen LogP contribution in [-0.2, 0) is 9.63 Å². The van der Waals surface area contributed by atoms with Gasteiger partial charge in [-0.25, -0.2) is 5.48 Å². The summed E-state index contributed by atoms with van der Waals surface area (Å²) < 4.78 is 0. The van der Waals surface area contributed by atoms with Gasteiger partial charge in [-0.2, -0.15) is 0 Å². The van der Waals surface area contributed by atoms with Gasteiger partial charge in [0, 0.05) is 6.54 Å². The van der Waals surface area contributed by atoms with Gasteiger partial charge in [0.05, 0.1) is 0 Å². The van der Waals surface area contributed by atoms with Crippen molar-refractivity contribution in [1.82, 2.24) is 5.48 Å². The van der Waals surface area contributed by atoms with Gasteiger partial charge in [0.25, 0.3) is 0 Å². The molecular formula is C5H8NO2. The van der Waals surface area contributed by atoms with Crippen molar-refractivity contribution in [3.8, 4) is 0 Å². The molecule has 1 unspecified atom stereocenters. The molecule has 1 heterocycles. The Balaban J connectivity index is 2.22. The summed E-state index contributed by atoms with van der Waals surface area (Å²) in [5.41, 5.74) is 2.62. The van der Waals surface area contributed by atoms with Crippen LogP contribution in [0.3, 0.4) is 0 Å². The maximum absolute atomic E-state index is 9.87. The van der Waals surface area contributed by atoms with Gasteiger partial charge < -0.3 is 0 Å². The highest BCUT2D eigenvalue weighted by Gasteiger charge is 2.12. The molecule has 1 fully saturated rings. The second kappa shape index (κ2) is 2.79. The molecule has 3 heteroatoms. The van der Waals surface area contributed by atoms with Crippen LogP contribution >= 0.6 is 0 Å². The van der Waals surface area contributed by atoms with Crippen LogP contribution in [0.25, 0.3) is 0 Å². The van der Waals surface area contributed by atoms with E-state index in [1.807, 2.05) is 0 Å². The zero-order valence-corrected chi connectivity index (χ0v) is 4.52. The Hall–Kier alpha value is -0.410. The Kier molecular flexibility index (Phi) is 2.00. The summed E-state index contributed by atoms with van der Waals surface area (Å²) in [6.45, 7) is 0.845. The molecule has 0 aromatic carbocycles. The van der Waals surface area contributed by atoms with Crippen molar-refractivity contribution in [3.63, 3.8) is 0 Å². The largest absolute Gasteiger partial charge is 0.290 e. The van der Waals surface area contributed by atoms with Gasteiger partial charge in [-0.05, 0) is 12.8 Å². The Morgan fingerprint density at radius 3 is 3.00 bits per heavy atom. The lowest BCUT2D eigenvalue weighted by molar-refractivity contribution is -0.0205. The first-order valence-corrected chi connectivity index (χ1v) is 2.69. The molecule has 1 saturated heterocycles. The standard InChI is InChI=1S/C5H8NO2/c7-4-5-2-1-3-6-8-5/h5-6H,1-3H2. The van der Waals surface area contributed by atoms with Crippen LogP contribution in [0.2, 0.25) is 0 Å². The van der Waals surface area contributed by atoms with E-state index < -0.39 is 0 Å². The first-order chi connectivity index (χ1) is 3.93. The Labute approximate surface area is 48.0 Å². The van der Waals surface area contributed by atoms with Gasteiger partial charge in [0.1, 0.15) is 6.10 Å². The van der Waals surface area contributed by atoms with E-state index in [1.54, 1.807) is 6.29 Å². The molecule has 1 aliphatic heterocycles. The van der Waals surface area contributed by atoms with Gasteiger partial charge in [0.15, 0.2) is 0 Å². The predicted molar refractivity (Wildman–Crippen MR) is 27.8 cm³/mol. The lowest BCUT2D eigenvalue weighted by Gasteiger charge is -2.16. The highest BCUT2D eigenvalue weighted by molar-refractivity contribution is 5.56. The number of rotatable bonds is 1. The van der Waals surface area contributed by atoms with Gasteiger partial charge in [-0.1, -0.05) is 0 Å². The summed E-state index contributed by atoms with van der Waals surface area (Å²) in [6.07, 6.45) is 3.24. The normalized spacial score (nSPS) is 29.8. The summed E-state index contributed by atoms with van der Waals surface area (Å²) in [4.78, 5) is 14.6. The summed E-state index contributed by atoms with van der Waals surface area (Å²) in [5, 5.41) is 0. The van der Waals surface area contributed by atoms with Crippen LogP contribution in [0.4, 0.5) is 0 Å². The van der Waals surface area contributed by atoms with E-state index in [2.05, 4.69) is 5.48 Å². The number of nitrogens with one attached hydrogen (secondary N) is 1. The minimum atomic E-state index is -0.330. The molecule has 0 amide bonds. The van der Waals surface area contributed by atoms with E-state index in [4.69, 9.17) is 4.84 Å². The first-order valence-electron chi connectivity index (χ1n) is 2.69. The van der Waals surface area contributed by atoms with Gasteiger partial charge >= 0.3 is 0 Å². The van der Waals surface area contributed by atoms with E-state index in [-0.39, 0.29) is 6.10 Å². The highest BCUT2D eigenvalue weighted by Crippen LogP contribution is 2.01. The Morgan fingerprint density at radius 1 is 1.75 bits per heavy atom. The van der Waals surface area contributed by atoms with Crippen LogP contribution in [0.1, 0.15) is 12.8 Å². The van der Waals surface area contributed by atoms with E-state index >= 15 is 0 Å². The second-order valence-corrected chi connectivity index (χ2v) is 1.76. The molecule has 1 aliphatic rings. The van der Waals surface area contributed by atoms with Crippen LogP contribution < -0.4 is 5.48 Å². The average molecular weight is 114 g/mol. The van der Waals surface area contributed by atoms with Gasteiger partial charge in [0.2, 0.25) is 6.29 Å². The van der Waals surface area contributed by atoms with Crippen LogP contribution in [-0.4, -0.2) is 18.9 Å². The molecule has 0 spiro atoms. The zero-order chi connectivity index (χ0) is 5.82. The molecule has 0 bridgehead atoms. The molecule has 1 radical (unpaired) electrons. The lowest BCUT2D eigenvalue weighted by Crippen LogP contribution is -2.31. The molecule has 1 rings (SSSR count). The van der Waals surface area contributed by atoms with Crippen LogP contribution in [0.15, 0.2) is 0 Å². The van der Waals surface area contributed by atoms with Crippen molar-refractivity contribution in [3.05, 3.63) is 0 Å². The molecule has 0 aromatic rings. The molecule has 0 aliphatic carbocycles. The minimum Gasteiger partial charge on any atom is -0.290 e. The van der Waals surface area contributed by atoms with Crippen LogP contribution in [0.5, 0.6) is 0 Å². The maximum atomic E-state index is 9.87. The molecule has 0 aromatic heterocycles. The molecule has 1 N–H and O–H groups in total. The number of hydroxylamine groups is 1. The number of hydrogen-bond donors (Lipinski definition) is 1. The lowest BCUT2D eigenvalue weighted by atomic mass is 10.2. The van der Waals surface area contributed by atoms with Crippen molar-refractivity contribution >= 4 is 6.29 Å². The fraction of sp³-hybridized carbons (Fsp3) is 0.800. The molecular weight excluding hydrogens is 106 g/mol. The predicted octanol–water partition coefficient (Wildman–Crippen LogP) is -0.220. The van der Waals surface area contributed by atoms with Crippen molar-refractivity contribution in [1.29, 1.82) is 0 Å². The topological polar surface area (TPSA) is 38.3 Å².